The monoisotopic (exact) mass is 274 g/mol. The van der Waals surface area contributed by atoms with Crippen molar-refractivity contribution < 1.29 is 27.1 Å². The summed E-state index contributed by atoms with van der Waals surface area (Å²) in [4.78, 5) is 11.9. The number of methoxy groups -OCH3 is 2. The zero-order valence-corrected chi connectivity index (χ0v) is 10.00. The third-order valence-corrected chi connectivity index (χ3v) is 2.58. The average Bonchev–Trinajstić information content (AvgIpc) is 2.36. The van der Waals surface area contributed by atoms with Crippen molar-refractivity contribution in [1.29, 1.82) is 0 Å². The van der Waals surface area contributed by atoms with Crippen LogP contribution in [0.25, 0.3) is 11.0 Å². The van der Waals surface area contributed by atoms with Gasteiger partial charge in [0.05, 0.1) is 14.2 Å². The van der Waals surface area contributed by atoms with Gasteiger partial charge in [-0.3, -0.25) is 4.79 Å². The van der Waals surface area contributed by atoms with Crippen LogP contribution in [-0.4, -0.2) is 14.2 Å². The summed E-state index contributed by atoms with van der Waals surface area (Å²) in [6, 6.07) is 2.64. The molecule has 0 fully saturated rings. The second-order valence-corrected chi connectivity index (χ2v) is 3.68. The van der Waals surface area contributed by atoms with E-state index in [1.165, 1.54) is 26.4 Å². The van der Waals surface area contributed by atoms with E-state index in [-0.39, 0.29) is 16.7 Å². The highest BCUT2D eigenvalue weighted by Crippen LogP contribution is 2.33. The molecule has 0 unspecified atom stereocenters. The highest BCUT2D eigenvalue weighted by Gasteiger charge is 2.35. The van der Waals surface area contributed by atoms with Crippen LogP contribution in [0.15, 0.2) is 27.6 Å². The first-order chi connectivity index (χ1) is 8.88. The fourth-order valence-corrected chi connectivity index (χ4v) is 1.67. The van der Waals surface area contributed by atoms with Crippen molar-refractivity contribution in [3.63, 3.8) is 0 Å². The summed E-state index contributed by atoms with van der Waals surface area (Å²) in [6.07, 6.45) is -4.39. The maximum absolute atomic E-state index is 12.6. The lowest BCUT2D eigenvalue weighted by atomic mass is 10.1. The van der Waals surface area contributed by atoms with Crippen LogP contribution in [-0.2, 0) is 6.18 Å². The van der Waals surface area contributed by atoms with E-state index >= 15 is 0 Å². The molecule has 2 aromatic rings. The van der Waals surface area contributed by atoms with Gasteiger partial charge in [-0.05, 0) is 0 Å². The summed E-state index contributed by atoms with van der Waals surface area (Å²) in [6.45, 7) is 0. The Morgan fingerprint density at radius 1 is 1.16 bits per heavy atom. The summed E-state index contributed by atoms with van der Waals surface area (Å²) in [5.74, 6) is 0.279. The highest BCUT2D eigenvalue weighted by atomic mass is 19.4. The maximum atomic E-state index is 12.6. The molecule has 0 saturated carbocycles. The van der Waals surface area contributed by atoms with Gasteiger partial charge < -0.3 is 13.9 Å². The van der Waals surface area contributed by atoms with Gasteiger partial charge >= 0.3 is 6.18 Å². The Balaban J connectivity index is 2.86. The summed E-state index contributed by atoms with van der Waals surface area (Å²) < 4.78 is 52.6. The van der Waals surface area contributed by atoms with Crippen LogP contribution in [0, 0.1) is 0 Å². The zero-order chi connectivity index (χ0) is 14.2. The predicted octanol–water partition coefficient (Wildman–Crippen LogP) is 2.83. The van der Waals surface area contributed by atoms with E-state index in [1.54, 1.807) is 0 Å². The molecule has 0 atom stereocenters. The Kier molecular flexibility index (Phi) is 3.13. The maximum Gasteiger partial charge on any atom is 0.423 e. The van der Waals surface area contributed by atoms with E-state index in [2.05, 4.69) is 0 Å². The minimum Gasteiger partial charge on any atom is -0.496 e. The normalized spacial score (nSPS) is 11.6. The van der Waals surface area contributed by atoms with E-state index in [4.69, 9.17) is 13.9 Å². The van der Waals surface area contributed by atoms with Crippen molar-refractivity contribution in [2.24, 2.45) is 0 Å². The fourth-order valence-electron chi connectivity index (χ4n) is 1.67. The van der Waals surface area contributed by atoms with E-state index in [1.807, 2.05) is 0 Å². The lowest BCUT2D eigenvalue weighted by Crippen LogP contribution is -2.19. The standard InChI is InChI=1S/C12H9F3O4/c1-17-6-3-8(18-2)10-9(4-6)19-5-7(11(10)16)12(13,14)15/h3-5H,1-2H3. The van der Waals surface area contributed by atoms with Crippen LogP contribution in [0.1, 0.15) is 5.56 Å². The summed E-state index contributed by atoms with van der Waals surface area (Å²) >= 11 is 0. The first kappa shape index (κ1) is 13.3. The molecule has 0 aliphatic carbocycles. The summed E-state index contributed by atoms with van der Waals surface area (Å²) in [5.41, 5.74) is -2.59. The van der Waals surface area contributed by atoms with E-state index in [0.29, 0.717) is 12.0 Å². The first-order valence-electron chi connectivity index (χ1n) is 5.13. The molecule has 2 rings (SSSR count). The molecular formula is C12H9F3O4. The first-order valence-corrected chi connectivity index (χ1v) is 5.13. The smallest absolute Gasteiger partial charge is 0.423 e. The molecule has 0 aliphatic heterocycles. The largest absolute Gasteiger partial charge is 0.496 e. The molecule has 0 radical (unpaired) electrons. The van der Waals surface area contributed by atoms with Crippen molar-refractivity contribution in [1.82, 2.24) is 0 Å². The molecule has 0 saturated heterocycles. The Morgan fingerprint density at radius 2 is 1.84 bits per heavy atom. The van der Waals surface area contributed by atoms with Gasteiger partial charge in [-0.2, -0.15) is 13.2 Å². The quantitative estimate of drug-likeness (QED) is 0.844. The van der Waals surface area contributed by atoms with Gasteiger partial charge in [0.15, 0.2) is 0 Å². The third-order valence-electron chi connectivity index (χ3n) is 2.58. The van der Waals surface area contributed by atoms with Gasteiger partial charge in [0.1, 0.15) is 34.3 Å². The molecule has 19 heavy (non-hydrogen) atoms. The van der Waals surface area contributed by atoms with Crippen molar-refractivity contribution in [2.75, 3.05) is 14.2 Å². The van der Waals surface area contributed by atoms with Crippen LogP contribution in [0.2, 0.25) is 0 Å². The topological polar surface area (TPSA) is 48.7 Å². The Bertz CT molecular complexity index is 673. The lowest BCUT2D eigenvalue weighted by molar-refractivity contribution is -0.139. The Labute approximate surface area is 105 Å². The minimum absolute atomic E-state index is 0.0331. The van der Waals surface area contributed by atoms with Crippen molar-refractivity contribution in [3.05, 3.63) is 34.2 Å². The number of benzene rings is 1. The summed E-state index contributed by atoms with van der Waals surface area (Å²) in [5, 5.41) is -0.266. The Morgan fingerprint density at radius 3 is 2.37 bits per heavy atom. The molecular weight excluding hydrogens is 265 g/mol. The number of halogens is 3. The molecule has 0 bridgehead atoms. The van der Waals surface area contributed by atoms with Crippen LogP contribution in [0.5, 0.6) is 11.5 Å². The number of fused-ring (bicyclic) bond motifs is 1. The zero-order valence-electron chi connectivity index (χ0n) is 10.00. The molecule has 102 valence electrons. The molecule has 1 aromatic heterocycles. The van der Waals surface area contributed by atoms with Crippen LogP contribution in [0.3, 0.4) is 0 Å². The van der Waals surface area contributed by atoms with Crippen molar-refractivity contribution >= 4 is 11.0 Å². The van der Waals surface area contributed by atoms with Gasteiger partial charge in [-0.25, -0.2) is 0 Å². The predicted molar refractivity (Wildman–Crippen MR) is 60.6 cm³/mol. The highest BCUT2D eigenvalue weighted by molar-refractivity contribution is 5.85. The van der Waals surface area contributed by atoms with E-state index in [0.717, 1.165) is 0 Å². The molecule has 0 N–H and O–H groups in total. The van der Waals surface area contributed by atoms with Crippen LogP contribution in [0.4, 0.5) is 13.2 Å². The lowest BCUT2D eigenvalue weighted by Gasteiger charge is -2.10. The molecule has 0 amide bonds. The SMILES string of the molecule is COc1cc(OC)c2c(=O)c(C(F)(F)F)coc2c1. The van der Waals surface area contributed by atoms with Crippen LogP contribution < -0.4 is 14.9 Å². The molecule has 1 heterocycles. The van der Waals surface area contributed by atoms with Crippen molar-refractivity contribution in [2.45, 2.75) is 6.18 Å². The number of rotatable bonds is 2. The number of ether oxygens (including phenoxy) is 2. The van der Waals surface area contributed by atoms with E-state index < -0.39 is 17.2 Å². The Hall–Kier alpha value is -2.18. The molecule has 0 aliphatic rings. The number of hydrogen-bond donors (Lipinski definition) is 0. The molecule has 7 heteroatoms. The van der Waals surface area contributed by atoms with Gasteiger partial charge in [0.25, 0.3) is 0 Å². The van der Waals surface area contributed by atoms with Gasteiger partial charge in [-0.15, -0.1) is 0 Å². The minimum atomic E-state index is -4.78. The second kappa shape index (κ2) is 4.49. The van der Waals surface area contributed by atoms with Gasteiger partial charge in [0, 0.05) is 12.1 Å². The van der Waals surface area contributed by atoms with Crippen LogP contribution >= 0.6 is 0 Å². The molecule has 0 spiro atoms. The molecule has 1 aromatic carbocycles. The molecule has 4 nitrogen and oxygen atoms in total. The average molecular weight is 274 g/mol. The second-order valence-electron chi connectivity index (χ2n) is 3.68. The van der Waals surface area contributed by atoms with E-state index in [9.17, 15) is 18.0 Å². The third kappa shape index (κ3) is 2.23. The van der Waals surface area contributed by atoms with Gasteiger partial charge in [0.2, 0.25) is 5.43 Å². The van der Waals surface area contributed by atoms with Crippen molar-refractivity contribution in [3.8, 4) is 11.5 Å². The fraction of sp³-hybridized carbons (Fsp3) is 0.250. The number of hydrogen-bond acceptors (Lipinski definition) is 4. The summed E-state index contributed by atoms with van der Waals surface area (Å²) in [7, 11) is 2.62. The van der Waals surface area contributed by atoms with Gasteiger partial charge in [-0.1, -0.05) is 0 Å². The number of alkyl halides is 3.